The molecule has 0 aromatic rings. The lowest BCUT2D eigenvalue weighted by molar-refractivity contribution is -0.117. The molecule has 0 radical (unpaired) electrons. The Bertz CT molecular complexity index is 211. The van der Waals surface area contributed by atoms with Crippen LogP contribution in [0.25, 0.3) is 0 Å². The molecule has 2 rings (SSSR count). The van der Waals surface area contributed by atoms with Crippen LogP contribution in [0.5, 0.6) is 0 Å². The molecule has 2 aliphatic rings. The first-order valence-corrected chi connectivity index (χ1v) is 5.71. The largest absolute Gasteiger partial charge is 0.317 e. The number of rotatable bonds is 2. The predicted octanol–water partition coefficient (Wildman–Crippen LogP) is 0.792. The maximum absolute atomic E-state index is 11.2. The van der Waals surface area contributed by atoms with Crippen LogP contribution in [-0.4, -0.2) is 42.9 Å². The third-order valence-electron chi connectivity index (χ3n) is 3.68. The molecule has 2 fully saturated rings. The van der Waals surface area contributed by atoms with Crippen molar-refractivity contribution in [3.63, 3.8) is 0 Å². The van der Waals surface area contributed by atoms with Gasteiger partial charge in [0.25, 0.3) is 0 Å². The second-order valence-electron chi connectivity index (χ2n) is 4.58. The van der Waals surface area contributed by atoms with Crippen molar-refractivity contribution in [3.05, 3.63) is 0 Å². The summed E-state index contributed by atoms with van der Waals surface area (Å²) in [5.41, 5.74) is 0. The van der Waals surface area contributed by atoms with Gasteiger partial charge in [0.2, 0.25) is 0 Å². The Balaban J connectivity index is 1.86. The van der Waals surface area contributed by atoms with Crippen molar-refractivity contribution in [1.82, 2.24) is 10.2 Å². The monoisotopic (exact) mass is 196 g/mol. The maximum atomic E-state index is 11.2. The van der Waals surface area contributed by atoms with Crippen molar-refractivity contribution in [2.24, 2.45) is 0 Å². The molecule has 0 amide bonds. The van der Waals surface area contributed by atoms with Gasteiger partial charge in [0.1, 0.15) is 5.78 Å². The summed E-state index contributed by atoms with van der Waals surface area (Å²) in [5, 5.41) is 3.38. The van der Waals surface area contributed by atoms with Crippen LogP contribution in [0, 0.1) is 0 Å². The van der Waals surface area contributed by atoms with Gasteiger partial charge in [-0.3, -0.25) is 9.69 Å². The molecule has 0 aromatic carbocycles. The molecule has 1 saturated carbocycles. The lowest BCUT2D eigenvalue weighted by Gasteiger charge is -2.35. The van der Waals surface area contributed by atoms with Crippen LogP contribution >= 0.6 is 0 Å². The second kappa shape index (κ2) is 4.41. The average Bonchev–Trinajstić information content (AvgIpc) is 2.65. The lowest BCUT2D eigenvalue weighted by Crippen LogP contribution is -2.45. The second-order valence-corrected chi connectivity index (χ2v) is 4.58. The van der Waals surface area contributed by atoms with Crippen molar-refractivity contribution in [1.29, 1.82) is 0 Å². The summed E-state index contributed by atoms with van der Waals surface area (Å²) in [7, 11) is 2.19. The Morgan fingerprint density at radius 3 is 2.50 bits per heavy atom. The average molecular weight is 196 g/mol. The molecule has 1 aliphatic heterocycles. The van der Waals surface area contributed by atoms with Gasteiger partial charge in [-0.25, -0.2) is 0 Å². The van der Waals surface area contributed by atoms with E-state index in [1.807, 2.05) is 0 Å². The number of Topliss-reactive ketones (excluding diaryl/α,β-unsaturated/α-hetero) is 1. The molecule has 1 N–H and O–H groups in total. The molecular formula is C11H20N2O. The number of hydrogen-bond donors (Lipinski definition) is 1. The number of hydrogen-bond acceptors (Lipinski definition) is 3. The van der Waals surface area contributed by atoms with E-state index in [0.717, 1.165) is 32.4 Å². The number of ketones is 1. The van der Waals surface area contributed by atoms with E-state index in [2.05, 4.69) is 17.3 Å². The Hall–Kier alpha value is -0.410. The molecule has 3 nitrogen and oxygen atoms in total. The van der Waals surface area contributed by atoms with Crippen LogP contribution in [0.4, 0.5) is 0 Å². The molecule has 1 heterocycles. The molecule has 1 unspecified atom stereocenters. The zero-order valence-corrected chi connectivity index (χ0v) is 8.96. The first-order chi connectivity index (χ1) is 6.77. The van der Waals surface area contributed by atoms with Gasteiger partial charge in [-0.2, -0.15) is 0 Å². The molecule has 1 atom stereocenters. The quantitative estimate of drug-likeness (QED) is 0.709. The van der Waals surface area contributed by atoms with Crippen LogP contribution in [0.1, 0.15) is 32.1 Å². The minimum atomic E-state index is 0.454. The molecule has 80 valence electrons. The Morgan fingerprint density at radius 1 is 1.21 bits per heavy atom. The van der Waals surface area contributed by atoms with Gasteiger partial charge >= 0.3 is 0 Å². The highest BCUT2D eigenvalue weighted by molar-refractivity contribution is 5.81. The number of carbonyl (C=O) groups is 1. The number of nitrogens with zero attached hydrogens (tertiary/aromatic N) is 1. The van der Waals surface area contributed by atoms with E-state index in [9.17, 15) is 4.79 Å². The van der Waals surface area contributed by atoms with Crippen molar-refractivity contribution in [2.75, 3.05) is 20.1 Å². The Morgan fingerprint density at radius 2 is 1.93 bits per heavy atom. The number of nitrogens with one attached hydrogen (secondary N) is 1. The summed E-state index contributed by atoms with van der Waals surface area (Å²) in [6.45, 7) is 2.27. The first kappa shape index (κ1) is 10.1. The summed E-state index contributed by atoms with van der Waals surface area (Å²) >= 11 is 0. The van der Waals surface area contributed by atoms with Gasteiger partial charge in [-0.15, -0.1) is 0 Å². The fraction of sp³-hybridized carbons (Fsp3) is 0.909. The van der Waals surface area contributed by atoms with Crippen molar-refractivity contribution >= 4 is 5.78 Å². The zero-order chi connectivity index (χ0) is 9.97. The smallest absolute Gasteiger partial charge is 0.134 e. The van der Waals surface area contributed by atoms with E-state index >= 15 is 0 Å². The molecule has 3 heteroatoms. The van der Waals surface area contributed by atoms with Crippen LogP contribution in [0.3, 0.4) is 0 Å². The third-order valence-corrected chi connectivity index (χ3v) is 3.68. The third kappa shape index (κ3) is 2.15. The predicted molar refractivity (Wildman–Crippen MR) is 56.3 cm³/mol. The molecule has 0 spiro atoms. The van der Waals surface area contributed by atoms with Crippen molar-refractivity contribution in [2.45, 2.75) is 44.2 Å². The molecule has 0 aromatic heterocycles. The highest BCUT2D eigenvalue weighted by atomic mass is 16.1. The summed E-state index contributed by atoms with van der Waals surface area (Å²) in [5.74, 6) is 0.454. The fourth-order valence-electron chi connectivity index (χ4n) is 2.65. The highest BCUT2D eigenvalue weighted by Gasteiger charge is 2.29. The van der Waals surface area contributed by atoms with Gasteiger partial charge in [-0.05, 0) is 39.4 Å². The van der Waals surface area contributed by atoms with Gasteiger partial charge in [0.15, 0.2) is 0 Å². The van der Waals surface area contributed by atoms with Crippen LogP contribution in [-0.2, 0) is 4.79 Å². The topological polar surface area (TPSA) is 32.3 Å². The minimum Gasteiger partial charge on any atom is -0.317 e. The Labute approximate surface area is 85.8 Å². The van der Waals surface area contributed by atoms with Crippen LogP contribution in [0.2, 0.25) is 0 Å². The lowest BCUT2D eigenvalue weighted by atomic mass is 10.0. The van der Waals surface area contributed by atoms with E-state index in [4.69, 9.17) is 0 Å². The van der Waals surface area contributed by atoms with Gasteiger partial charge in [0.05, 0.1) is 0 Å². The summed E-state index contributed by atoms with van der Waals surface area (Å²) < 4.78 is 0. The van der Waals surface area contributed by atoms with E-state index in [1.54, 1.807) is 0 Å². The van der Waals surface area contributed by atoms with Crippen LogP contribution in [0.15, 0.2) is 0 Å². The summed E-state index contributed by atoms with van der Waals surface area (Å²) in [4.78, 5) is 13.7. The molecule has 14 heavy (non-hydrogen) atoms. The summed E-state index contributed by atoms with van der Waals surface area (Å²) in [6, 6.07) is 1.23. The van der Waals surface area contributed by atoms with Crippen molar-refractivity contribution in [3.8, 4) is 0 Å². The first-order valence-electron chi connectivity index (χ1n) is 5.71. The standard InChI is InChI=1S/C11H20N2O/c1-13(9-4-6-12-7-5-9)10-2-3-11(14)8-10/h9-10,12H,2-8H2,1H3. The van der Waals surface area contributed by atoms with Crippen molar-refractivity contribution < 1.29 is 4.79 Å². The molecular weight excluding hydrogens is 176 g/mol. The van der Waals surface area contributed by atoms with Gasteiger partial charge < -0.3 is 5.32 Å². The normalized spacial score (nSPS) is 30.1. The molecule has 0 bridgehead atoms. The van der Waals surface area contributed by atoms with E-state index < -0.39 is 0 Å². The SMILES string of the molecule is CN(C1CCNCC1)C1CCC(=O)C1. The Kier molecular flexibility index (Phi) is 3.19. The maximum Gasteiger partial charge on any atom is 0.134 e. The van der Waals surface area contributed by atoms with E-state index in [1.165, 1.54) is 12.8 Å². The summed E-state index contributed by atoms with van der Waals surface area (Å²) in [6.07, 6.45) is 5.15. The fourth-order valence-corrected chi connectivity index (χ4v) is 2.65. The molecule has 1 saturated heterocycles. The molecule has 1 aliphatic carbocycles. The number of piperidine rings is 1. The van der Waals surface area contributed by atoms with E-state index in [-0.39, 0.29) is 0 Å². The minimum absolute atomic E-state index is 0.454. The number of carbonyl (C=O) groups excluding carboxylic acids is 1. The highest BCUT2D eigenvalue weighted by Crippen LogP contribution is 2.23. The van der Waals surface area contributed by atoms with Gasteiger partial charge in [0, 0.05) is 24.9 Å². The van der Waals surface area contributed by atoms with E-state index in [0.29, 0.717) is 17.9 Å². The van der Waals surface area contributed by atoms with Crippen LogP contribution < -0.4 is 5.32 Å². The zero-order valence-electron chi connectivity index (χ0n) is 8.96. The van der Waals surface area contributed by atoms with Gasteiger partial charge in [-0.1, -0.05) is 0 Å².